The van der Waals surface area contributed by atoms with E-state index in [9.17, 15) is 13.2 Å². The Labute approximate surface area is 91.1 Å². The van der Waals surface area contributed by atoms with Crippen molar-refractivity contribution in [1.82, 2.24) is 4.98 Å². The second-order valence-electron chi connectivity index (χ2n) is 3.59. The molecule has 84 valence electrons. The van der Waals surface area contributed by atoms with Gasteiger partial charge in [-0.3, -0.25) is 0 Å². The molecule has 5 heteroatoms. The van der Waals surface area contributed by atoms with Gasteiger partial charge in [-0.1, -0.05) is 13.8 Å². The van der Waals surface area contributed by atoms with Crippen LogP contribution in [0.3, 0.4) is 0 Å². The van der Waals surface area contributed by atoms with Gasteiger partial charge in [0.15, 0.2) is 0 Å². The van der Waals surface area contributed by atoms with Crippen LogP contribution in [0.5, 0.6) is 0 Å². The van der Waals surface area contributed by atoms with Crippen LogP contribution >= 0.6 is 11.8 Å². The largest absolute Gasteiger partial charge is 0.417 e. The maximum atomic E-state index is 12.2. The van der Waals surface area contributed by atoms with Gasteiger partial charge in [-0.05, 0) is 18.1 Å². The first kappa shape index (κ1) is 12.4. The molecule has 0 fully saturated rings. The number of alkyl halides is 3. The predicted molar refractivity (Wildman–Crippen MR) is 54.8 cm³/mol. The van der Waals surface area contributed by atoms with Crippen LogP contribution < -0.4 is 0 Å². The van der Waals surface area contributed by atoms with Gasteiger partial charge in [-0.2, -0.15) is 13.2 Å². The van der Waals surface area contributed by atoms with Crippen molar-refractivity contribution in [2.45, 2.75) is 25.0 Å². The van der Waals surface area contributed by atoms with Crippen LogP contribution in [0.1, 0.15) is 19.4 Å². The lowest BCUT2D eigenvalue weighted by Crippen LogP contribution is -2.05. The zero-order valence-corrected chi connectivity index (χ0v) is 9.32. The van der Waals surface area contributed by atoms with E-state index in [1.807, 2.05) is 0 Å². The summed E-state index contributed by atoms with van der Waals surface area (Å²) in [6.07, 6.45) is -3.42. The molecule has 15 heavy (non-hydrogen) atoms. The second-order valence-corrected chi connectivity index (χ2v) is 4.63. The number of halogens is 3. The third kappa shape index (κ3) is 4.11. The Morgan fingerprint density at radius 3 is 2.40 bits per heavy atom. The standard InChI is InChI=1S/C10H12F3NS/c1-7(2)6-15-9-4-3-8(5-14-9)10(11,12)13/h3-5,7H,6H2,1-2H3. The minimum atomic E-state index is -4.30. The number of aromatic nitrogens is 1. The molecule has 0 N–H and O–H groups in total. The van der Waals surface area contributed by atoms with Crippen molar-refractivity contribution in [2.75, 3.05) is 5.75 Å². The van der Waals surface area contributed by atoms with E-state index in [-0.39, 0.29) is 0 Å². The molecule has 0 aromatic carbocycles. The van der Waals surface area contributed by atoms with Gasteiger partial charge in [0.1, 0.15) is 0 Å². The quantitative estimate of drug-likeness (QED) is 0.738. The second kappa shape index (κ2) is 4.88. The molecule has 1 nitrogen and oxygen atoms in total. The molecule has 1 aromatic heterocycles. The van der Waals surface area contributed by atoms with Crippen LogP contribution in [0.2, 0.25) is 0 Å². The molecule has 1 aromatic rings. The molecule has 0 atom stereocenters. The molecule has 0 spiro atoms. The van der Waals surface area contributed by atoms with Crippen molar-refractivity contribution in [3.8, 4) is 0 Å². The van der Waals surface area contributed by atoms with Crippen molar-refractivity contribution < 1.29 is 13.2 Å². The zero-order chi connectivity index (χ0) is 11.5. The summed E-state index contributed by atoms with van der Waals surface area (Å²) >= 11 is 1.47. The maximum absolute atomic E-state index is 12.2. The Kier molecular flexibility index (Phi) is 4.02. The van der Waals surface area contributed by atoms with Crippen LogP contribution in [0.4, 0.5) is 13.2 Å². The lowest BCUT2D eigenvalue weighted by molar-refractivity contribution is -0.137. The van der Waals surface area contributed by atoms with E-state index in [1.54, 1.807) is 0 Å². The van der Waals surface area contributed by atoms with E-state index >= 15 is 0 Å². The highest BCUT2D eigenvalue weighted by atomic mass is 32.2. The van der Waals surface area contributed by atoms with Crippen molar-refractivity contribution in [2.24, 2.45) is 5.92 Å². The summed E-state index contributed by atoms with van der Waals surface area (Å²) in [6.45, 7) is 4.11. The molecule has 0 saturated heterocycles. The number of hydrogen-bond donors (Lipinski definition) is 0. The average Bonchev–Trinajstić information content (AvgIpc) is 2.14. The fourth-order valence-corrected chi connectivity index (χ4v) is 1.68. The molecular weight excluding hydrogens is 223 g/mol. The van der Waals surface area contributed by atoms with E-state index < -0.39 is 11.7 Å². The molecule has 0 bridgehead atoms. The van der Waals surface area contributed by atoms with Gasteiger partial charge >= 0.3 is 6.18 Å². The molecule has 0 amide bonds. The first-order chi connectivity index (χ1) is 6.89. The van der Waals surface area contributed by atoms with Crippen LogP contribution in [0, 0.1) is 5.92 Å². The van der Waals surface area contributed by atoms with Crippen LogP contribution in [-0.4, -0.2) is 10.7 Å². The minimum Gasteiger partial charge on any atom is -0.249 e. The van der Waals surface area contributed by atoms with Gasteiger partial charge in [0.05, 0.1) is 10.6 Å². The highest BCUT2D eigenvalue weighted by Gasteiger charge is 2.30. The topological polar surface area (TPSA) is 12.9 Å². The number of thioether (sulfide) groups is 1. The van der Waals surface area contributed by atoms with Gasteiger partial charge in [-0.15, -0.1) is 11.8 Å². The molecule has 1 rings (SSSR count). The Bertz CT molecular complexity index is 305. The summed E-state index contributed by atoms with van der Waals surface area (Å²) in [4.78, 5) is 3.76. The predicted octanol–water partition coefficient (Wildman–Crippen LogP) is 3.85. The van der Waals surface area contributed by atoms with Gasteiger partial charge in [0.2, 0.25) is 0 Å². The van der Waals surface area contributed by atoms with E-state index in [0.717, 1.165) is 18.0 Å². The first-order valence-corrected chi connectivity index (χ1v) is 5.54. The van der Waals surface area contributed by atoms with Gasteiger partial charge in [0, 0.05) is 11.9 Å². The fraction of sp³-hybridized carbons (Fsp3) is 0.500. The van der Waals surface area contributed by atoms with Crippen LogP contribution in [0.25, 0.3) is 0 Å². The molecule has 0 radical (unpaired) electrons. The normalized spacial score (nSPS) is 12.1. The summed E-state index contributed by atoms with van der Waals surface area (Å²) in [7, 11) is 0. The third-order valence-electron chi connectivity index (χ3n) is 1.63. The van der Waals surface area contributed by atoms with Crippen LogP contribution in [0.15, 0.2) is 23.4 Å². The SMILES string of the molecule is CC(C)CSc1ccc(C(F)(F)F)cn1. The highest BCUT2D eigenvalue weighted by Crippen LogP contribution is 2.29. The number of hydrogen-bond acceptors (Lipinski definition) is 2. The Morgan fingerprint density at radius 2 is 2.00 bits per heavy atom. The Hall–Kier alpha value is -0.710. The molecule has 1 heterocycles. The summed E-state index contributed by atoms with van der Waals surface area (Å²) < 4.78 is 36.6. The molecule has 0 aliphatic heterocycles. The van der Waals surface area contributed by atoms with E-state index in [1.165, 1.54) is 17.8 Å². The maximum Gasteiger partial charge on any atom is 0.417 e. The molecule has 0 unspecified atom stereocenters. The lowest BCUT2D eigenvalue weighted by atomic mass is 10.3. The van der Waals surface area contributed by atoms with Crippen LogP contribution in [-0.2, 0) is 6.18 Å². The smallest absolute Gasteiger partial charge is 0.249 e. The number of nitrogens with zero attached hydrogens (tertiary/aromatic N) is 1. The third-order valence-corrected chi connectivity index (χ3v) is 3.00. The highest BCUT2D eigenvalue weighted by molar-refractivity contribution is 7.99. The lowest BCUT2D eigenvalue weighted by Gasteiger charge is -2.07. The molecule has 0 aliphatic carbocycles. The zero-order valence-electron chi connectivity index (χ0n) is 8.51. The molecular formula is C10H12F3NS. The van der Waals surface area contributed by atoms with E-state index in [0.29, 0.717) is 10.9 Å². The summed E-state index contributed by atoms with van der Waals surface area (Å²) in [5.41, 5.74) is -0.698. The average molecular weight is 235 g/mol. The Morgan fingerprint density at radius 1 is 1.33 bits per heavy atom. The van der Waals surface area contributed by atoms with E-state index in [2.05, 4.69) is 18.8 Å². The Balaban J connectivity index is 2.65. The van der Waals surface area contributed by atoms with Crippen molar-refractivity contribution in [3.63, 3.8) is 0 Å². The van der Waals surface area contributed by atoms with Gasteiger partial charge < -0.3 is 0 Å². The summed E-state index contributed by atoms with van der Waals surface area (Å²) in [5, 5.41) is 0.636. The minimum absolute atomic E-state index is 0.499. The monoisotopic (exact) mass is 235 g/mol. The first-order valence-electron chi connectivity index (χ1n) is 4.55. The van der Waals surface area contributed by atoms with Crippen molar-refractivity contribution in [3.05, 3.63) is 23.9 Å². The summed E-state index contributed by atoms with van der Waals surface area (Å²) in [5.74, 6) is 1.36. The van der Waals surface area contributed by atoms with Gasteiger partial charge in [-0.25, -0.2) is 4.98 Å². The van der Waals surface area contributed by atoms with Gasteiger partial charge in [0.25, 0.3) is 0 Å². The van der Waals surface area contributed by atoms with E-state index in [4.69, 9.17) is 0 Å². The number of rotatable bonds is 3. The summed E-state index contributed by atoms with van der Waals surface area (Å²) in [6, 6.07) is 2.48. The fourth-order valence-electron chi connectivity index (χ4n) is 0.885. The number of pyridine rings is 1. The molecule has 0 aliphatic rings. The molecule has 0 saturated carbocycles. The van der Waals surface area contributed by atoms with Crippen molar-refractivity contribution in [1.29, 1.82) is 0 Å². The van der Waals surface area contributed by atoms with Crippen molar-refractivity contribution >= 4 is 11.8 Å².